The molecule has 0 fully saturated rings. The summed E-state index contributed by atoms with van der Waals surface area (Å²) >= 11 is 0.677. The zero-order chi connectivity index (χ0) is 13.9. The molecule has 0 atom stereocenters. The summed E-state index contributed by atoms with van der Waals surface area (Å²) in [7, 11) is 0. The lowest BCUT2D eigenvalue weighted by molar-refractivity contribution is -0.137. The monoisotopic (exact) mass is 286 g/mol. The molecule has 6 heteroatoms. The quantitative estimate of drug-likeness (QED) is 0.921. The van der Waals surface area contributed by atoms with Crippen molar-refractivity contribution in [2.45, 2.75) is 19.6 Å². The van der Waals surface area contributed by atoms with Crippen LogP contribution in [-0.4, -0.2) is 11.5 Å². The van der Waals surface area contributed by atoms with E-state index in [-0.39, 0.29) is 0 Å². The van der Waals surface area contributed by atoms with Crippen molar-refractivity contribution < 1.29 is 13.2 Å². The summed E-state index contributed by atoms with van der Waals surface area (Å²) in [5.41, 5.74) is 1.78. The van der Waals surface area contributed by atoms with Crippen LogP contribution in [0.15, 0.2) is 30.5 Å². The molecule has 102 valence electrons. The minimum atomic E-state index is -4.38. The molecule has 0 aliphatic carbocycles. The lowest BCUT2D eigenvalue weighted by Gasteiger charge is -2.07. The van der Waals surface area contributed by atoms with Gasteiger partial charge in [-0.2, -0.15) is 13.2 Å². The van der Waals surface area contributed by atoms with Gasteiger partial charge in [0.2, 0.25) is 0 Å². The zero-order valence-electron chi connectivity index (χ0n) is 10.3. The summed E-state index contributed by atoms with van der Waals surface area (Å²) < 4.78 is 37.7. The molecule has 0 aliphatic heterocycles. The third kappa shape index (κ3) is 3.33. The summed E-state index contributed by atoms with van der Waals surface area (Å²) in [6, 6.07) is 7.42. The predicted molar refractivity (Wildman–Crippen MR) is 69.9 cm³/mol. The van der Waals surface area contributed by atoms with Crippen LogP contribution in [-0.2, 0) is 12.7 Å². The average molecular weight is 286 g/mol. The molecule has 0 saturated heterocycles. The van der Waals surface area contributed by atoms with Crippen LogP contribution in [0.25, 0.3) is 10.4 Å². The summed E-state index contributed by atoms with van der Waals surface area (Å²) in [5, 5.41) is 2.37. The van der Waals surface area contributed by atoms with Crippen LogP contribution in [0, 0.1) is 0 Å². The molecule has 0 unspecified atom stereocenters. The lowest BCUT2D eigenvalue weighted by Crippen LogP contribution is -2.12. The minimum Gasteiger partial charge on any atom is -0.313 e. The Bertz CT molecular complexity index is 549. The molecule has 0 bridgehead atoms. The zero-order valence-corrected chi connectivity index (χ0v) is 11.1. The lowest BCUT2D eigenvalue weighted by atomic mass is 10.1. The first-order chi connectivity index (χ1) is 9.02. The second-order valence-corrected chi connectivity index (χ2v) is 5.00. The standard InChI is InChI=1S/C13H13F3N2S/c1-2-17-7-9-5-3-4-6-10(9)11-8-18-12(19-11)13(14,15)16/h3-6,8,17H,2,7H2,1H3. The van der Waals surface area contributed by atoms with Crippen LogP contribution >= 0.6 is 11.3 Å². The van der Waals surface area contributed by atoms with Gasteiger partial charge in [-0.3, -0.25) is 0 Å². The second-order valence-electron chi connectivity index (χ2n) is 3.96. The number of aromatic nitrogens is 1. The maximum atomic E-state index is 12.6. The van der Waals surface area contributed by atoms with Crippen molar-refractivity contribution in [1.29, 1.82) is 0 Å². The molecule has 0 radical (unpaired) electrons. The average Bonchev–Trinajstić information content (AvgIpc) is 2.86. The third-order valence-corrected chi connectivity index (χ3v) is 3.67. The largest absolute Gasteiger partial charge is 0.443 e. The highest BCUT2D eigenvalue weighted by Crippen LogP contribution is 2.37. The van der Waals surface area contributed by atoms with E-state index in [1.54, 1.807) is 0 Å². The Balaban J connectivity index is 2.33. The van der Waals surface area contributed by atoms with E-state index in [1.807, 2.05) is 31.2 Å². The Hall–Kier alpha value is -1.40. The fourth-order valence-corrected chi connectivity index (χ4v) is 2.55. The Kier molecular flexibility index (Phi) is 4.21. The molecule has 1 aromatic carbocycles. The highest BCUT2D eigenvalue weighted by Gasteiger charge is 2.34. The van der Waals surface area contributed by atoms with Crippen molar-refractivity contribution in [2.75, 3.05) is 6.54 Å². The van der Waals surface area contributed by atoms with Crippen molar-refractivity contribution in [3.8, 4) is 10.4 Å². The number of hydrogen-bond acceptors (Lipinski definition) is 3. The molecule has 2 rings (SSSR count). The van der Waals surface area contributed by atoms with E-state index in [0.29, 0.717) is 22.8 Å². The molecule has 0 spiro atoms. The van der Waals surface area contributed by atoms with Crippen LogP contribution in [0.4, 0.5) is 13.2 Å². The number of alkyl halides is 3. The first-order valence-corrected chi connectivity index (χ1v) is 6.66. The molecule has 1 aromatic heterocycles. The summed E-state index contributed by atoms with van der Waals surface area (Å²) in [6.07, 6.45) is -3.09. The second kappa shape index (κ2) is 5.71. The highest BCUT2D eigenvalue weighted by molar-refractivity contribution is 7.15. The van der Waals surface area contributed by atoms with Gasteiger partial charge in [-0.05, 0) is 17.7 Å². The molecule has 0 amide bonds. The maximum absolute atomic E-state index is 12.6. The first-order valence-electron chi connectivity index (χ1n) is 5.84. The predicted octanol–water partition coefficient (Wildman–Crippen LogP) is 3.94. The van der Waals surface area contributed by atoms with Gasteiger partial charge >= 0.3 is 6.18 Å². The van der Waals surface area contributed by atoms with Crippen LogP contribution in [0.5, 0.6) is 0 Å². The van der Waals surface area contributed by atoms with Gasteiger partial charge in [-0.1, -0.05) is 31.2 Å². The summed E-state index contributed by atoms with van der Waals surface area (Å²) in [5.74, 6) is 0. The van der Waals surface area contributed by atoms with Crippen molar-refractivity contribution in [3.05, 3.63) is 41.0 Å². The van der Waals surface area contributed by atoms with Gasteiger partial charge in [0, 0.05) is 12.7 Å². The Labute approximate surface area is 113 Å². The fraction of sp³-hybridized carbons (Fsp3) is 0.308. The molecule has 2 aromatic rings. The Morgan fingerprint density at radius 1 is 1.26 bits per heavy atom. The minimum absolute atomic E-state index is 0.542. The molecule has 19 heavy (non-hydrogen) atoms. The maximum Gasteiger partial charge on any atom is 0.443 e. The Morgan fingerprint density at radius 2 is 2.00 bits per heavy atom. The smallest absolute Gasteiger partial charge is 0.313 e. The highest BCUT2D eigenvalue weighted by atomic mass is 32.1. The van der Waals surface area contributed by atoms with Crippen molar-refractivity contribution >= 4 is 11.3 Å². The van der Waals surface area contributed by atoms with Crippen molar-refractivity contribution in [2.24, 2.45) is 0 Å². The number of benzene rings is 1. The molecule has 1 heterocycles. The number of rotatable bonds is 4. The number of nitrogens with one attached hydrogen (secondary N) is 1. The first kappa shape index (κ1) is 14.0. The third-order valence-electron chi connectivity index (χ3n) is 2.60. The molecular weight excluding hydrogens is 273 g/mol. The summed E-state index contributed by atoms with van der Waals surface area (Å²) in [6.45, 7) is 3.42. The SMILES string of the molecule is CCNCc1ccccc1-c1cnc(C(F)(F)F)s1. The van der Waals surface area contributed by atoms with E-state index in [2.05, 4.69) is 10.3 Å². The van der Waals surface area contributed by atoms with E-state index in [4.69, 9.17) is 0 Å². The van der Waals surface area contributed by atoms with Gasteiger partial charge < -0.3 is 5.32 Å². The normalized spacial score (nSPS) is 11.8. The molecule has 0 aliphatic rings. The molecule has 0 saturated carbocycles. The topological polar surface area (TPSA) is 24.9 Å². The van der Waals surface area contributed by atoms with Crippen LogP contribution < -0.4 is 5.32 Å². The van der Waals surface area contributed by atoms with E-state index < -0.39 is 11.2 Å². The van der Waals surface area contributed by atoms with Gasteiger partial charge in [0.1, 0.15) is 0 Å². The number of halogens is 3. The van der Waals surface area contributed by atoms with Gasteiger partial charge in [0.05, 0.1) is 4.88 Å². The molecule has 1 N–H and O–H groups in total. The van der Waals surface area contributed by atoms with Crippen LogP contribution in [0.2, 0.25) is 0 Å². The van der Waals surface area contributed by atoms with E-state index >= 15 is 0 Å². The number of hydrogen-bond donors (Lipinski definition) is 1. The van der Waals surface area contributed by atoms with Crippen LogP contribution in [0.3, 0.4) is 0 Å². The molecule has 2 nitrogen and oxygen atoms in total. The summed E-state index contributed by atoms with van der Waals surface area (Å²) in [4.78, 5) is 4.00. The number of thiazole rings is 1. The van der Waals surface area contributed by atoms with Gasteiger partial charge in [-0.15, -0.1) is 11.3 Å². The van der Waals surface area contributed by atoms with Crippen LogP contribution in [0.1, 0.15) is 17.5 Å². The fourth-order valence-electron chi connectivity index (χ4n) is 1.70. The van der Waals surface area contributed by atoms with E-state index in [9.17, 15) is 13.2 Å². The van der Waals surface area contributed by atoms with Gasteiger partial charge in [0.15, 0.2) is 5.01 Å². The van der Waals surface area contributed by atoms with Crippen molar-refractivity contribution in [3.63, 3.8) is 0 Å². The van der Waals surface area contributed by atoms with Gasteiger partial charge in [-0.25, -0.2) is 4.98 Å². The van der Waals surface area contributed by atoms with E-state index in [0.717, 1.165) is 17.7 Å². The van der Waals surface area contributed by atoms with E-state index in [1.165, 1.54) is 6.20 Å². The number of nitrogens with zero attached hydrogens (tertiary/aromatic N) is 1. The molecular formula is C13H13F3N2S. The van der Waals surface area contributed by atoms with Gasteiger partial charge in [0.25, 0.3) is 0 Å². The Morgan fingerprint density at radius 3 is 2.63 bits per heavy atom. The van der Waals surface area contributed by atoms with Crippen molar-refractivity contribution in [1.82, 2.24) is 10.3 Å².